The lowest BCUT2D eigenvalue weighted by molar-refractivity contribution is -0.143. The van der Waals surface area contributed by atoms with E-state index in [4.69, 9.17) is 4.74 Å². The molecule has 0 saturated carbocycles. The minimum Gasteiger partial charge on any atom is -0.375 e. The molecule has 2 aliphatic rings. The molecule has 7 heteroatoms. The number of piperidine rings is 1. The van der Waals surface area contributed by atoms with Crippen LogP contribution in [0.2, 0.25) is 0 Å². The van der Waals surface area contributed by atoms with Crippen LogP contribution in [0.1, 0.15) is 25.7 Å². The van der Waals surface area contributed by atoms with Crippen molar-refractivity contribution in [3.8, 4) is 0 Å². The Bertz CT molecular complexity index is 565. The van der Waals surface area contributed by atoms with E-state index in [1.165, 1.54) is 13.4 Å². The largest absolute Gasteiger partial charge is 0.375 e. The van der Waals surface area contributed by atoms with Crippen LogP contribution in [0, 0.1) is 0 Å². The molecule has 1 aromatic heterocycles. The van der Waals surface area contributed by atoms with Crippen LogP contribution in [-0.2, 0) is 14.3 Å². The first kappa shape index (κ1) is 14.9. The number of rotatable bonds is 3. The number of carbonyl (C=O) groups is 2. The van der Waals surface area contributed by atoms with Crippen LogP contribution in [0.4, 0.5) is 5.69 Å². The Morgan fingerprint density at radius 3 is 2.86 bits per heavy atom. The Balaban J connectivity index is 1.86. The molecule has 7 nitrogen and oxygen atoms in total. The Kier molecular flexibility index (Phi) is 4.06. The fourth-order valence-electron chi connectivity index (χ4n) is 3.52. The number of hydrogen-bond acceptors (Lipinski definition) is 5. The van der Waals surface area contributed by atoms with Crippen LogP contribution < -0.4 is 4.90 Å². The van der Waals surface area contributed by atoms with E-state index in [9.17, 15) is 9.59 Å². The molecule has 1 unspecified atom stereocenters. The second kappa shape index (κ2) is 6.00. The maximum atomic E-state index is 12.5. The maximum Gasteiger partial charge on any atom is 0.249 e. The number of amides is 2. The second-order valence-corrected chi connectivity index (χ2v) is 5.91. The summed E-state index contributed by atoms with van der Waals surface area (Å²) in [4.78, 5) is 36.3. The van der Waals surface area contributed by atoms with Gasteiger partial charge in [-0.3, -0.25) is 9.59 Å². The molecule has 3 heterocycles. The first-order chi connectivity index (χ1) is 10.7. The van der Waals surface area contributed by atoms with E-state index < -0.39 is 5.54 Å². The molecule has 2 saturated heterocycles. The fraction of sp³-hybridized carbons (Fsp3) is 0.600. The molecule has 2 fully saturated rings. The molecule has 0 bridgehead atoms. The summed E-state index contributed by atoms with van der Waals surface area (Å²) >= 11 is 0. The fourth-order valence-corrected chi connectivity index (χ4v) is 3.52. The molecule has 2 amide bonds. The van der Waals surface area contributed by atoms with Crippen LogP contribution in [-0.4, -0.2) is 59.0 Å². The molecule has 1 atom stereocenters. The van der Waals surface area contributed by atoms with Crippen molar-refractivity contribution in [2.75, 3.05) is 31.7 Å². The standard InChI is InChI=1S/C15H20N4O3/c1-22-9-14(21)19-5-3-2-4-15(19)6-13(20)18(10-15)12-7-16-11-17-8-12/h7-8,11H,2-6,9-10H2,1H3. The first-order valence-electron chi connectivity index (χ1n) is 7.51. The molecule has 2 aliphatic heterocycles. The van der Waals surface area contributed by atoms with E-state index in [-0.39, 0.29) is 18.4 Å². The molecule has 22 heavy (non-hydrogen) atoms. The Hall–Kier alpha value is -2.02. The second-order valence-electron chi connectivity index (χ2n) is 5.91. The van der Waals surface area contributed by atoms with Crippen LogP contribution in [0.25, 0.3) is 0 Å². The van der Waals surface area contributed by atoms with Gasteiger partial charge in [0.25, 0.3) is 0 Å². The first-order valence-corrected chi connectivity index (χ1v) is 7.51. The third kappa shape index (κ3) is 2.56. The van der Waals surface area contributed by atoms with Gasteiger partial charge in [0.2, 0.25) is 11.8 Å². The summed E-state index contributed by atoms with van der Waals surface area (Å²) in [7, 11) is 1.52. The molecule has 0 aromatic carbocycles. The summed E-state index contributed by atoms with van der Waals surface area (Å²) in [5.74, 6) is -0.0203. The highest BCUT2D eigenvalue weighted by atomic mass is 16.5. The highest BCUT2D eigenvalue weighted by Crippen LogP contribution is 2.38. The van der Waals surface area contributed by atoms with Gasteiger partial charge >= 0.3 is 0 Å². The van der Waals surface area contributed by atoms with Gasteiger partial charge in [0.05, 0.1) is 30.0 Å². The summed E-state index contributed by atoms with van der Waals surface area (Å²) in [6.07, 6.45) is 7.91. The highest BCUT2D eigenvalue weighted by Gasteiger charge is 2.50. The molecule has 118 valence electrons. The van der Waals surface area contributed by atoms with Gasteiger partial charge in [-0.15, -0.1) is 0 Å². The van der Waals surface area contributed by atoms with Crippen LogP contribution in [0.3, 0.4) is 0 Å². The van der Waals surface area contributed by atoms with E-state index in [1.807, 2.05) is 4.90 Å². The molecular weight excluding hydrogens is 284 g/mol. The minimum absolute atomic E-state index is 0.0203. The molecule has 1 spiro atoms. The zero-order valence-electron chi connectivity index (χ0n) is 12.7. The number of anilines is 1. The molecule has 0 radical (unpaired) electrons. The number of ether oxygens (including phenoxy) is 1. The number of carbonyl (C=O) groups excluding carboxylic acids is 2. The van der Waals surface area contributed by atoms with Crippen molar-refractivity contribution < 1.29 is 14.3 Å². The lowest BCUT2D eigenvalue weighted by Gasteiger charge is -2.44. The number of nitrogens with zero attached hydrogens (tertiary/aromatic N) is 4. The van der Waals surface area contributed by atoms with Crippen LogP contribution >= 0.6 is 0 Å². The zero-order valence-corrected chi connectivity index (χ0v) is 12.7. The van der Waals surface area contributed by atoms with Crippen molar-refractivity contribution in [1.29, 1.82) is 0 Å². The van der Waals surface area contributed by atoms with Gasteiger partial charge in [-0.05, 0) is 19.3 Å². The van der Waals surface area contributed by atoms with Crippen molar-refractivity contribution in [2.24, 2.45) is 0 Å². The number of methoxy groups -OCH3 is 1. The van der Waals surface area contributed by atoms with E-state index in [0.717, 1.165) is 19.3 Å². The maximum absolute atomic E-state index is 12.5. The summed E-state index contributed by atoms with van der Waals surface area (Å²) in [5, 5.41) is 0. The zero-order chi connectivity index (χ0) is 15.6. The summed E-state index contributed by atoms with van der Waals surface area (Å²) in [6.45, 7) is 1.26. The van der Waals surface area contributed by atoms with E-state index in [2.05, 4.69) is 9.97 Å². The monoisotopic (exact) mass is 304 g/mol. The van der Waals surface area contributed by atoms with Gasteiger partial charge in [0.1, 0.15) is 12.9 Å². The van der Waals surface area contributed by atoms with E-state index in [0.29, 0.717) is 25.2 Å². The predicted molar refractivity (Wildman–Crippen MR) is 79.2 cm³/mol. The Morgan fingerprint density at radius 2 is 2.14 bits per heavy atom. The van der Waals surface area contributed by atoms with Crippen molar-refractivity contribution >= 4 is 17.5 Å². The van der Waals surface area contributed by atoms with Crippen LogP contribution in [0.15, 0.2) is 18.7 Å². The lowest BCUT2D eigenvalue weighted by atomic mass is 9.85. The molecule has 0 aliphatic carbocycles. The van der Waals surface area contributed by atoms with Gasteiger partial charge in [0, 0.05) is 20.2 Å². The quantitative estimate of drug-likeness (QED) is 0.818. The van der Waals surface area contributed by atoms with Crippen molar-refractivity contribution in [1.82, 2.24) is 14.9 Å². The van der Waals surface area contributed by atoms with Gasteiger partial charge < -0.3 is 14.5 Å². The van der Waals surface area contributed by atoms with E-state index in [1.54, 1.807) is 17.3 Å². The summed E-state index contributed by atoms with van der Waals surface area (Å²) in [5.41, 5.74) is 0.273. The van der Waals surface area contributed by atoms with Crippen molar-refractivity contribution in [3.05, 3.63) is 18.7 Å². The number of hydrogen-bond donors (Lipinski definition) is 0. The average molecular weight is 304 g/mol. The molecule has 0 N–H and O–H groups in total. The predicted octanol–water partition coefficient (Wildman–Crippen LogP) is 0.611. The Morgan fingerprint density at radius 1 is 1.36 bits per heavy atom. The average Bonchev–Trinajstić information content (AvgIpc) is 2.85. The highest BCUT2D eigenvalue weighted by molar-refractivity contribution is 5.97. The smallest absolute Gasteiger partial charge is 0.249 e. The van der Waals surface area contributed by atoms with Gasteiger partial charge in [0.15, 0.2) is 0 Å². The molecular formula is C15H20N4O3. The number of likely N-dealkylation sites (tertiary alicyclic amines) is 1. The van der Waals surface area contributed by atoms with Gasteiger partial charge in [-0.1, -0.05) is 0 Å². The van der Waals surface area contributed by atoms with Crippen molar-refractivity contribution in [2.45, 2.75) is 31.2 Å². The Labute approximate surface area is 129 Å². The van der Waals surface area contributed by atoms with Crippen molar-refractivity contribution in [3.63, 3.8) is 0 Å². The van der Waals surface area contributed by atoms with E-state index >= 15 is 0 Å². The van der Waals surface area contributed by atoms with Crippen LogP contribution in [0.5, 0.6) is 0 Å². The SMILES string of the molecule is COCC(=O)N1CCCCC12CC(=O)N(c1cncnc1)C2. The summed E-state index contributed by atoms with van der Waals surface area (Å²) < 4.78 is 4.99. The molecule has 1 aromatic rings. The lowest BCUT2D eigenvalue weighted by Crippen LogP contribution is -2.57. The topological polar surface area (TPSA) is 75.6 Å². The van der Waals surface area contributed by atoms with Gasteiger partial charge in [-0.2, -0.15) is 0 Å². The third-order valence-corrected chi connectivity index (χ3v) is 4.51. The third-order valence-electron chi connectivity index (χ3n) is 4.51. The number of aromatic nitrogens is 2. The normalized spacial score (nSPS) is 25.0. The van der Waals surface area contributed by atoms with Gasteiger partial charge in [-0.25, -0.2) is 9.97 Å². The minimum atomic E-state index is -0.416. The summed E-state index contributed by atoms with van der Waals surface area (Å²) in [6, 6.07) is 0. The molecule has 3 rings (SSSR count).